The summed E-state index contributed by atoms with van der Waals surface area (Å²) in [6.07, 6.45) is 2.81. The van der Waals surface area contributed by atoms with Gasteiger partial charge in [0.2, 0.25) is 11.8 Å². The lowest BCUT2D eigenvalue weighted by molar-refractivity contribution is -0.129. The SMILES string of the molecule is Cc1noc(C2CCN(C(=O)N3CCC(C(=O)N[C@@H](C)c4ccccc4)(c4ccccc4)CC3)CC2)n1. The standard InChI is InChI=1S/C29H35N5O3/c1-21(23-9-5-3-6-10-23)30-27(35)29(25-11-7-4-8-12-25)15-19-34(20-16-29)28(36)33-17-13-24(14-18-33)26-31-22(2)32-37-26/h3-12,21,24H,13-20H2,1-2H3,(H,30,35)/t21-/m0/s1. The highest BCUT2D eigenvalue weighted by Crippen LogP contribution is 2.37. The third-order valence-electron chi connectivity index (χ3n) is 7.95. The van der Waals surface area contributed by atoms with E-state index in [9.17, 15) is 9.59 Å². The summed E-state index contributed by atoms with van der Waals surface area (Å²) in [7, 11) is 0. The molecule has 0 bridgehead atoms. The van der Waals surface area contributed by atoms with Crippen molar-refractivity contribution in [3.8, 4) is 0 Å². The molecule has 2 aromatic carbocycles. The van der Waals surface area contributed by atoms with Crippen LogP contribution in [0.5, 0.6) is 0 Å². The van der Waals surface area contributed by atoms with Gasteiger partial charge >= 0.3 is 6.03 Å². The van der Waals surface area contributed by atoms with Gasteiger partial charge in [0.1, 0.15) is 0 Å². The lowest BCUT2D eigenvalue weighted by Crippen LogP contribution is -2.55. The Balaban J connectivity index is 1.24. The smallest absolute Gasteiger partial charge is 0.319 e. The van der Waals surface area contributed by atoms with Gasteiger partial charge in [0.15, 0.2) is 5.82 Å². The highest BCUT2D eigenvalue weighted by molar-refractivity contribution is 5.89. The number of piperidine rings is 2. The number of likely N-dealkylation sites (tertiary alicyclic amines) is 2. The highest BCUT2D eigenvalue weighted by atomic mass is 16.5. The fourth-order valence-corrected chi connectivity index (χ4v) is 5.64. The van der Waals surface area contributed by atoms with Crippen molar-refractivity contribution in [3.63, 3.8) is 0 Å². The van der Waals surface area contributed by atoms with E-state index in [-0.39, 0.29) is 23.9 Å². The van der Waals surface area contributed by atoms with E-state index in [1.54, 1.807) is 0 Å². The topological polar surface area (TPSA) is 91.6 Å². The third-order valence-corrected chi connectivity index (χ3v) is 7.95. The maximum Gasteiger partial charge on any atom is 0.319 e. The molecule has 1 atom stereocenters. The molecular weight excluding hydrogens is 466 g/mol. The molecule has 3 heterocycles. The van der Waals surface area contributed by atoms with E-state index < -0.39 is 5.41 Å². The molecule has 8 heteroatoms. The first-order valence-electron chi connectivity index (χ1n) is 13.2. The van der Waals surface area contributed by atoms with Crippen LogP contribution in [0.4, 0.5) is 4.79 Å². The Morgan fingerprint density at radius 2 is 1.54 bits per heavy atom. The predicted molar refractivity (Wildman–Crippen MR) is 140 cm³/mol. The van der Waals surface area contributed by atoms with Crippen molar-refractivity contribution < 1.29 is 14.1 Å². The van der Waals surface area contributed by atoms with Crippen LogP contribution in [0.1, 0.15) is 67.4 Å². The zero-order chi connectivity index (χ0) is 25.8. The van der Waals surface area contributed by atoms with Gasteiger partial charge in [-0.15, -0.1) is 0 Å². The number of hydrogen-bond donors (Lipinski definition) is 1. The predicted octanol–water partition coefficient (Wildman–Crippen LogP) is 4.59. The van der Waals surface area contributed by atoms with Crippen LogP contribution in [0.3, 0.4) is 0 Å². The molecule has 3 aromatic rings. The van der Waals surface area contributed by atoms with Crippen molar-refractivity contribution in [2.45, 2.75) is 56.9 Å². The second kappa shape index (κ2) is 10.7. The van der Waals surface area contributed by atoms with E-state index in [2.05, 4.69) is 15.5 Å². The van der Waals surface area contributed by atoms with Crippen molar-refractivity contribution in [2.24, 2.45) is 0 Å². The summed E-state index contributed by atoms with van der Waals surface area (Å²) in [4.78, 5) is 35.4. The Labute approximate surface area is 218 Å². The number of rotatable bonds is 5. The first-order valence-corrected chi connectivity index (χ1v) is 13.2. The van der Waals surface area contributed by atoms with E-state index in [0.717, 1.165) is 24.0 Å². The summed E-state index contributed by atoms with van der Waals surface area (Å²) in [5, 5.41) is 7.16. The quantitative estimate of drug-likeness (QED) is 0.552. The average molecular weight is 502 g/mol. The highest BCUT2D eigenvalue weighted by Gasteiger charge is 2.44. The maximum absolute atomic E-state index is 13.8. The molecule has 1 aromatic heterocycles. The largest absolute Gasteiger partial charge is 0.349 e. The Bertz CT molecular complexity index is 1200. The minimum Gasteiger partial charge on any atom is -0.349 e. The number of amides is 3. The number of aromatic nitrogens is 2. The molecule has 8 nitrogen and oxygen atoms in total. The minimum absolute atomic E-state index is 0.0258. The number of nitrogens with one attached hydrogen (secondary N) is 1. The van der Waals surface area contributed by atoms with E-state index in [1.807, 2.05) is 84.3 Å². The molecule has 5 rings (SSSR count). The van der Waals surface area contributed by atoms with Gasteiger partial charge in [-0.3, -0.25) is 4.79 Å². The summed E-state index contributed by atoms with van der Waals surface area (Å²) in [5.41, 5.74) is 1.42. The second-order valence-corrected chi connectivity index (χ2v) is 10.3. The zero-order valence-corrected chi connectivity index (χ0v) is 21.6. The fraction of sp³-hybridized carbons (Fsp3) is 0.448. The fourth-order valence-electron chi connectivity index (χ4n) is 5.64. The van der Waals surface area contributed by atoms with Crippen LogP contribution in [0.25, 0.3) is 0 Å². The molecule has 2 aliphatic rings. The van der Waals surface area contributed by atoms with Crippen LogP contribution >= 0.6 is 0 Å². The number of benzene rings is 2. The van der Waals surface area contributed by atoms with Crippen molar-refractivity contribution >= 4 is 11.9 Å². The molecule has 0 radical (unpaired) electrons. The Morgan fingerprint density at radius 1 is 0.946 bits per heavy atom. The molecule has 3 amide bonds. The molecular formula is C29H35N5O3. The molecule has 194 valence electrons. The molecule has 0 spiro atoms. The second-order valence-electron chi connectivity index (χ2n) is 10.3. The summed E-state index contributed by atoms with van der Waals surface area (Å²) in [5.74, 6) is 1.54. The van der Waals surface area contributed by atoms with E-state index in [4.69, 9.17) is 4.52 Å². The monoisotopic (exact) mass is 501 g/mol. The van der Waals surface area contributed by atoms with Crippen molar-refractivity contribution in [1.82, 2.24) is 25.3 Å². The first kappa shape index (κ1) is 25.0. The van der Waals surface area contributed by atoms with Crippen molar-refractivity contribution in [2.75, 3.05) is 26.2 Å². The van der Waals surface area contributed by atoms with Gasteiger partial charge in [0.25, 0.3) is 0 Å². The average Bonchev–Trinajstić information content (AvgIpc) is 3.40. The van der Waals surface area contributed by atoms with Crippen LogP contribution < -0.4 is 5.32 Å². The molecule has 2 saturated heterocycles. The van der Waals surface area contributed by atoms with Crippen LogP contribution in [0, 0.1) is 6.92 Å². The summed E-state index contributed by atoms with van der Waals surface area (Å²) >= 11 is 0. The lowest BCUT2D eigenvalue weighted by Gasteiger charge is -2.43. The number of hydrogen-bond acceptors (Lipinski definition) is 5. The molecule has 0 unspecified atom stereocenters. The minimum atomic E-state index is -0.663. The van der Waals surface area contributed by atoms with Crippen molar-refractivity contribution in [1.29, 1.82) is 0 Å². The number of aryl methyl sites for hydroxylation is 1. The van der Waals surface area contributed by atoms with E-state index >= 15 is 0 Å². The van der Waals surface area contributed by atoms with Gasteiger partial charge in [-0.2, -0.15) is 4.98 Å². The molecule has 37 heavy (non-hydrogen) atoms. The summed E-state index contributed by atoms with van der Waals surface area (Å²) in [6, 6.07) is 20.0. The summed E-state index contributed by atoms with van der Waals surface area (Å²) < 4.78 is 5.35. The third kappa shape index (κ3) is 5.24. The normalized spacial score (nSPS) is 18.9. The Hall–Kier alpha value is -3.68. The number of nitrogens with zero attached hydrogens (tertiary/aromatic N) is 4. The van der Waals surface area contributed by atoms with Gasteiger partial charge in [0.05, 0.1) is 11.5 Å². The van der Waals surface area contributed by atoms with Crippen LogP contribution in [-0.4, -0.2) is 58.1 Å². The zero-order valence-electron chi connectivity index (χ0n) is 21.6. The Kier molecular flexibility index (Phi) is 7.26. The van der Waals surface area contributed by atoms with Crippen LogP contribution in [0.15, 0.2) is 65.2 Å². The number of carbonyl (C=O) groups excluding carboxylic acids is 2. The van der Waals surface area contributed by atoms with Gasteiger partial charge < -0.3 is 19.6 Å². The van der Waals surface area contributed by atoms with E-state index in [0.29, 0.717) is 50.7 Å². The summed E-state index contributed by atoms with van der Waals surface area (Å²) in [6.45, 7) is 6.26. The molecule has 0 aliphatic carbocycles. The molecule has 2 aliphatic heterocycles. The van der Waals surface area contributed by atoms with Gasteiger partial charge in [0, 0.05) is 32.1 Å². The molecule has 2 fully saturated rings. The first-order chi connectivity index (χ1) is 18.0. The van der Waals surface area contributed by atoms with Crippen LogP contribution in [0.2, 0.25) is 0 Å². The molecule has 1 N–H and O–H groups in total. The van der Waals surface area contributed by atoms with Gasteiger partial charge in [-0.25, -0.2) is 4.79 Å². The maximum atomic E-state index is 13.8. The number of urea groups is 1. The number of carbonyl (C=O) groups is 2. The van der Waals surface area contributed by atoms with Gasteiger partial charge in [-0.05, 0) is 50.7 Å². The van der Waals surface area contributed by atoms with Crippen molar-refractivity contribution in [3.05, 3.63) is 83.5 Å². The van der Waals surface area contributed by atoms with Crippen LogP contribution in [-0.2, 0) is 10.2 Å². The van der Waals surface area contributed by atoms with Gasteiger partial charge in [-0.1, -0.05) is 65.8 Å². The van der Waals surface area contributed by atoms with E-state index in [1.165, 1.54) is 0 Å². The Morgan fingerprint density at radius 3 is 2.14 bits per heavy atom. The molecule has 0 saturated carbocycles. The lowest BCUT2D eigenvalue weighted by atomic mass is 9.71.